The van der Waals surface area contributed by atoms with Gasteiger partial charge in [0.25, 0.3) is 0 Å². The van der Waals surface area contributed by atoms with Gasteiger partial charge in [0, 0.05) is 29.3 Å². The number of amidine groups is 1. The maximum Gasteiger partial charge on any atom is 0.171 e. The first-order chi connectivity index (χ1) is 12.3. The highest BCUT2D eigenvalue weighted by Gasteiger charge is 2.23. The van der Waals surface area contributed by atoms with Crippen LogP contribution in [0.5, 0.6) is 0 Å². The number of pyridine rings is 1. The van der Waals surface area contributed by atoms with E-state index in [-0.39, 0.29) is 0 Å². The Morgan fingerprint density at radius 1 is 1.00 bits per heavy atom. The summed E-state index contributed by atoms with van der Waals surface area (Å²) in [4.78, 5) is 11.7. The molecule has 5 heteroatoms. The Morgan fingerprint density at radius 3 is 2.60 bits per heavy atom. The van der Waals surface area contributed by atoms with E-state index in [9.17, 15) is 0 Å². The molecule has 0 saturated carbocycles. The largest absolute Gasteiger partial charge is 0.342 e. The number of aromatic nitrogens is 1. The minimum Gasteiger partial charge on any atom is -0.342 e. The second kappa shape index (κ2) is 7.42. The molecule has 4 rings (SSSR count). The molecule has 2 heterocycles. The maximum atomic E-state index is 4.88. The lowest BCUT2D eigenvalue weighted by Crippen LogP contribution is -2.31. The minimum atomic E-state index is 0.820. The average Bonchev–Trinajstić information content (AvgIpc) is 2.65. The molecule has 0 spiro atoms. The molecule has 2 aromatic carbocycles. The molecule has 1 aliphatic heterocycles. The van der Waals surface area contributed by atoms with Crippen LogP contribution in [0.3, 0.4) is 0 Å². The summed E-state index contributed by atoms with van der Waals surface area (Å²) in [5, 5.41) is 2.03. The van der Waals surface area contributed by atoms with E-state index in [1.165, 1.54) is 11.1 Å². The number of thioether (sulfide) groups is 1. The van der Waals surface area contributed by atoms with Crippen molar-refractivity contribution in [3.05, 3.63) is 88.5 Å². The SMILES string of the molecule is Brc1ccc(N=C2Sc3ncccc3CN2Cc2ccccc2)cc1. The van der Waals surface area contributed by atoms with Gasteiger partial charge in [0.1, 0.15) is 5.03 Å². The molecule has 1 aromatic heterocycles. The predicted octanol–water partition coefficient (Wildman–Crippen LogP) is 5.64. The van der Waals surface area contributed by atoms with Crippen molar-refractivity contribution < 1.29 is 0 Å². The quantitative estimate of drug-likeness (QED) is 0.560. The highest BCUT2D eigenvalue weighted by Crippen LogP contribution is 2.33. The second-order valence-electron chi connectivity index (χ2n) is 5.78. The lowest BCUT2D eigenvalue weighted by molar-refractivity contribution is 0.406. The van der Waals surface area contributed by atoms with Gasteiger partial charge in [0.05, 0.1) is 5.69 Å². The molecule has 0 N–H and O–H groups in total. The number of hydrogen-bond acceptors (Lipinski definition) is 3. The van der Waals surface area contributed by atoms with Crippen LogP contribution in [0.1, 0.15) is 11.1 Å². The van der Waals surface area contributed by atoms with Crippen molar-refractivity contribution >= 4 is 38.5 Å². The van der Waals surface area contributed by atoms with Gasteiger partial charge in [-0.3, -0.25) is 0 Å². The average molecular weight is 410 g/mol. The van der Waals surface area contributed by atoms with Gasteiger partial charge in [-0.05, 0) is 47.7 Å². The topological polar surface area (TPSA) is 28.5 Å². The van der Waals surface area contributed by atoms with E-state index in [0.29, 0.717) is 0 Å². The van der Waals surface area contributed by atoms with Crippen molar-refractivity contribution in [1.82, 2.24) is 9.88 Å². The molecule has 0 radical (unpaired) electrons. The number of aliphatic imine (C=N–C) groups is 1. The zero-order valence-corrected chi connectivity index (χ0v) is 15.9. The fourth-order valence-electron chi connectivity index (χ4n) is 2.71. The van der Waals surface area contributed by atoms with E-state index in [1.807, 2.05) is 42.6 Å². The van der Waals surface area contributed by atoms with Gasteiger partial charge >= 0.3 is 0 Å². The van der Waals surface area contributed by atoms with Gasteiger partial charge in [-0.15, -0.1) is 0 Å². The van der Waals surface area contributed by atoms with Crippen LogP contribution in [-0.2, 0) is 13.1 Å². The van der Waals surface area contributed by atoms with Gasteiger partial charge in [0.2, 0.25) is 0 Å². The van der Waals surface area contributed by atoms with E-state index in [0.717, 1.165) is 33.4 Å². The fraction of sp³-hybridized carbons (Fsp3) is 0.100. The van der Waals surface area contributed by atoms with Crippen LogP contribution in [0.2, 0.25) is 0 Å². The van der Waals surface area contributed by atoms with Crippen molar-refractivity contribution in [2.75, 3.05) is 0 Å². The first kappa shape index (κ1) is 16.4. The van der Waals surface area contributed by atoms with Gasteiger partial charge in [-0.25, -0.2) is 9.98 Å². The van der Waals surface area contributed by atoms with Crippen LogP contribution < -0.4 is 0 Å². The molecule has 0 aliphatic carbocycles. The Balaban J connectivity index is 1.68. The molecule has 3 nitrogen and oxygen atoms in total. The minimum absolute atomic E-state index is 0.820. The lowest BCUT2D eigenvalue weighted by Gasteiger charge is -2.30. The normalized spacial score (nSPS) is 15.2. The molecular weight excluding hydrogens is 394 g/mol. The smallest absolute Gasteiger partial charge is 0.171 e. The zero-order valence-electron chi connectivity index (χ0n) is 13.5. The zero-order chi connectivity index (χ0) is 17.1. The predicted molar refractivity (Wildman–Crippen MR) is 107 cm³/mol. The Bertz CT molecular complexity index is 894. The van der Waals surface area contributed by atoms with E-state index in [1.54, 1.807) is 11.8 Å². The van der Waals surface area contributed by atoms with Crippen LogP contribution in [0.4, 0.5) is 5.69 Å². The molecular formula is C20H16BrN3S. The van der Waals surface area contributed by atoms with Crippen molar-refractivity contribution in [2.24, 2.45) is 4.99 Å². The molecule has 0 amide bonds. The molecule has 124 valence electrons. The van der Waals surface area contributed by atoms with E-state index >= 15 is 0 Å². The monoisotopic (exact) mass is 409 g/mol. The van der Waals surface area contributed by atoms with Gasteiger partial charge in [-0.1, -0.05) is 52.3 Å². The summed E-state index contributed by atoms with van der Waals surface area (Å²) in [6, 6.07) is 22.7. The third kappa shape index (κ3) is 3.94. The Kier molecular flexibility index (Phi) is 4.85. The maximum absolute atomic E-state index is 4.88. The van der Waals surface area contributed by atoms with E-state index < -0.39 is 0 Å². The first-order valence-corrected chi connectivity index (χ1v) is 9.64. The Morgan fingerprint density at radius 2 is 1.80 bits per heavy atom. The van der Waals surface area contributed by atoms with Crippen LogP contribution >= 0.6 is 27.7 Å². The van der Waals surface area contributed by atoms with Crippen molar-refractivity contribution in [3.8, 4) is 0 Å². The second-order valence-corrected chi connectivity index (χ2v) is 7.65. The van der Waals surface area contributed by atoms with Gasteiger partial charge in [0.15, 0.2) is 5.17 Å². The standard InChI is InChI=1S/C20H16BrN3S/c21-17-8-10-18(11-9-17)23-20-24(13-15-5-2-1-3-6-15)14-16-7-4-12-22-19(16)25-20/h1-12H,13-14H2. The summed E-state index contributed by atoms with van der Waals surface area (Å²) in [5.74, 6) is 0. The Hall–Kier alpha value is -2.11. The van der Waals surface area contributed by atoms with E-state index in [2.05, 4.69) is 56.1 Å². The fourth-order valence-corrected chi connectivity index (χ4v) is 3.93. The summed E-state index contributed by atoms with van der Waals surface area (Å²) in [6.07, 6.45) is 1.84. The molecule has 0 fully saturated rings. The summed E-state index contributed by atoms with van der Waals surface area (Å²) in [6.45, 7) is 1.65. The highest BCUT2D eigenvalue weighted by molar-refractivity contribution is 9.10. The molecule has 0 atom stereocenters. The Labute approximate surface area is 160 Å². The summed E-state index contributed by atoms with van der Waals surface area (Å²) in [7, 11) is 0. The molecule has 0 unspecified atom stereocenters. The molecule has 1 aliphatic rings. The summed E-state index contributed by atoms with van der Waals surface area (Å²) < 4.78 is 1.06. The summed E-state index contributed by atoms with van der Waals surface area (Å²) >= 11 is 5.11. The van der Waals surface area contributed by atoms with Crippen LogP contribution in [-0.4, -0.2) is 15.1 Å². The molecule has 0 bridgehead atoms. The van der Waals surface area contributed by atoms with Gasteiger partial charge in [-0.2, -0.15) is 0 Å². The summed E-state index contributed by atoms with van der Waals surface area (Å²) in [5.41, 5.74) is 3.47. The van der Waals surface area contributed by atoms with E-state index in [4.69, 9.17) is 4.99 Å². The molecule has 3 aromatic rings. The van der Waals surface area contributed by atoms with Crippen molar-refractivity contribution in [3.63, 3.8) is 0 Å². The number of benzene rings is 2. The molecule has 25 heavy (non-hydrogen) atoms. The van der Waals surface area contributed by atoms with Crippen LogP contribution in [0.25, 0.3) is 0 Å². The van der Waals surface area contributed by atoms with Crippen LogP contribution in [0, 0.1) is 0 Å². The highest BCUT2D eigenvalue weighted by atomic mass is 79.9. The van der Waals surface area contributed by atoms with Crippen molar-refractivity contribution in [1.29, 1.82) is 0 Å². The molecule has 0 saturated heterocycles. The van der Waals surface area contributed by atoms with Gasteiger partial charge < -0.3 is 4.90 Å². The third-order valence-electron chi connectivity index (χ3n) is 3.94. The number of halogens is 1. The number of hydrogen-bond donors (Lipinski definition) is 0. The number of fused-ring (bicyclic) bond motifs is 1. The van der Waals surface area contributed by atoms with Crippen molar-refractivity contribution in [2.45, 2.75) is 18.1 Å². The first-order valence-electron chi connectivity index (χ1n) is 8.03. The third-order valence-corrected chi connectivity index (χ3v) is 5.56. The lowest BCUT2D eigenvalue weighted by atomic mass is 10.2. The number of nitrogens with zero attached hydrogens (tertiary/aromatic N) is 3. The van der Waals surface area contributed by atoms with Crippen LogP contribution in [0.15, 0.2) is 87.4 Å². The number of rotatable bonds is 3.